The summed E-state index contributed by atoms with van der Waals surface area (Å²) in [5, 5.41) is 21.6. The zero-order chi connectivity index (χ0) is 13.9. The first-order chi connectivity index (χ1) is 9.08. The van der Waals surface area contributed by atoms with Gasteiger partial charge in [0, 0.05) is 0 Å². The summed E-state index contributed by atoms with van der Waals surface area (Å²) in [5.41, 5.74) is -0.526. The number of carboxylic acid groups (broad SMARTS) is 1. The maximum absolute atomic E-state index is 12.3. The summed E-state index contributed by atoms with van der Waals surface area (Å²) in [6.07, 6.45) is 8.08. The highest BCUT2D eigenvalue weighted by Crippen LogP contribution is 2.32. The molecule has 0 saturated heterocycles. The molecule has 0 aromatic rings. The fraction of sp³-hybridized carbons (Fsp3) is 0.714. The standard InChI is InChI=1S/C14H21NO4/c16-9-14(7-3-4-8-14)15-12(17)10-5-1-2-6-11(10)13(18)19/h1-2,10-11,16H,3-9H2,(H,15,17)(H,18,19)/t10-,11+/m1/s1. The average Bonchev–Trinajstić information content (AvgIpc) is 2.87. The molecule has 1 fully saturated rings. The van der Waals surface area contributed by atoms with Crippen LogP contribution in [0.2, 0.25) is 0 Å². The molecule has 1 amide bonds. The Morgan fingerprint density at radius 1 is 1.16 bits per heavy atom. The van der Waals surface area contributed by atoms with Crippen molar-refractivity contribution >= 4 is 11.9 Å². The summed E-state index contributed by atoms with van der Waals surface area (Å²) >= 11 is 0. The molecule has 0 aromatic heterocycles. The van der Waals surface area contributed by atoms with Crippen LogP contribution in [0.3, 0.4) is 0 Å². The van der Waals surface area contributed by atoms with Crippen molar-refractivity contribution in [3.8, 4) is 0 Å². The number of carbonyl (C=O) groups is 2. The number of aliphatic hydroxyl groups excluding tert-OH is 1. The third-order valence-corrected chi connectivity index (χ3v) is 4.34. The number of hydrogen-bond acceptors (Lipinski definition) is 3. The van der Waals surface area contributed by atoms with Gasteiger partial charge in [-0.1, -0.05) is 25.0 Å². The van der Waals surface area contributed by atoms with Gasteiger partial charge in [-0.3, -0.25) is 9.59 Å². The molecule has 2 rings (SSSR count). The van der Waals surface area contributed by atoms with Crippen LogP contribution in [-0.2, 0) is 9.59 Å². The van der Waals surface area contributed by atoms with Crippen LogP contribution < -0.4 is 5.32 Å². The van der Waals surface area contributed by atoms with E-state index in [2.05, 4.69) is 5.32 Å². The van der Waals surface area contributed by atoms with Crippen molar-refractivity contribution in [1.82, 2.24) is 5.32 Å². The van der Waals surface area contributed by atoms with Gasteiger partial charge in [-0.05, 0) is 25.7 Å². The number of aliphatic carboxylic acids is 1. The van der Waals surface area contributed by atoms with E-state index >= 15 is 0 Å². The molecule has 5 heteroatoms. The van der Waals surface area contributed by atoms with Crippen LogP contribution in [0.15, 0.2) is 12.2 Å². The summed E-state index contributed by atoms with van der Waals surface area (Å²) in [6, 6.07) is 0. The van der Waals surface area contributed by atoms with Gasteiger partial charge in [0.25, 0.3) is 0 Å². The predicted octanol–water partition coefficient (Wildman–Crippen LogP) is 1.07. The van der Waals surface area contributed by atoms with Crippen LogP contribution in [-0.4, -0.2) is 34.2 Å². The highest BCUT2D eigenvalue weighted by molar-refractivity contribution is 5.85. The minimum atomic E-state index is -0.922. The lowest BCUT2D eigenvalue weighted by atomic mass is 9.81. The molecule has 3 N–H and O–H groups in total. The van der Waals surface area contributed by atoms with E-state index in [4.69, 9.17) is 0 Å². The van der Waals surface area contributed by atoms with Gasteiger partial charge in [0.1, 0.15) is 0 Å². The van der Waals surface area contributed by atoms with Gasteiger partial charge in [0.2, 0.25) is 5.91 Å². The zero-order valence-corrected chi connectivity index (χ0v) is 11.0. The second kappa shape index (κ2) is 5.74. The Bertz CT molecular complexity index is 385. The molecule has 2 aliphatic carbocycles. The van der Waals surface area contributed by atoms with E-state index in [0.29, 0.717) is 12.8 Å². The van der Waals surface area contributed by atoms with E-state index in [1.807, 2.05) is 12.2 Å². The number of amides is 1. The lowest BCUT2D eigenvalue weighted by Gasteiger charge is -2.32. The van der Waals surface area contributed by atoms with Gasteiger partial charge in [-0.2, -0.15) is 0 Å². The molecule has 2 atom stereocenters. The molecule has 0 spiro atoms. The molecular formula is C14H21NO4. The largest absolute Gasteiger partial charge is 0.481 e. The van der Waals surface area contributed by atoms with E-state index in [9.17, 15) is 19.8 Å². The van der Waals surface area contributed by atoms with Crippen LogP contribution in [0, 0.1) is 11.8 Å². The van der Waals surface area contributed by atoms with Crippen LogP contribution in [0.25, 0.3) is 0 Å². The van der Waals surface area contributed by atoms with Gasteiger partial charge in [-0.15, -0.1) is 0 Å². The lowest BCUT2D eigenvalue weighted by Crippen LogP contribution is -2.52. The Morgan fingerprint density at radius 2 is 1.74 bits per heavy atom. The Labute approximate surface area is 112 Å². The zero-order valence-electron chi connectivity index (χ0n) is 11.0. The van der Waals surface area contributed by atoms with Crippen molar-refractivity contribution in [2.45, 2.75) is 44.1 Å². The van der Waals surface area contributed by atoms with Gasteiger partial charge < -0.3 is 15.5 Å². The van der Waals surface area contributed by atoms with Crippen molar-refractivity contribution in [2.75, 3.05) is 6.61 Å². The Hall–Kier alpha value is -1.36. The molecule has 0 bridgehead atoms. The summed E-state index contributed by atoms with van der Waals surface area (Å²) < 4.78 is 0. The quantitative estimate of drug-likeness (QED) is 0.665. The van der Waals surface area contributed by atoms with E-state index in [1.165, 1.54) is 0 Å². The third-order valence-electron chi connectivity index (χ3n) is 4.34. The Kier molecular flexibility index (Phi) is 4.24. The first kappa shape index (κ1) is 14.1. The lowest BCUT2D eigenvalue weighted by molar-refractivity contribution is -0.148. The molecule has 0 radical (unpaired) electrons. The van der Waals surface area contributed by atoms with Crippen LogP contribution >= 0.6 is 0 Å². The number of hydrogen-bond donors (Lipinski definition) is 3. The molecule has 0 unspecified atom stereocenters. The van der Waals surface area contributed by atoms with Gasteiger partial charge in [0.05, 0.1) is 24.0 Å². The fourth-order valence-electron chi connectivity index (χ4n) is 3.11. The van der Waals surface area contributed by atoms with Crippen molar-refractivity contribution in [3.63, 3.8) is 0 Å². The number of rotatable bonds is 4. The van der Waals surface area contributed by atoms with Gasteiger partial charge >= 0.3 is 5.97 Å². The average molecular weight is 267 g/mol. The van der Waals surface area contributed by atoms with E-state index in [1.54, 1.807) is 0 Å². The SMILES string of the molecule is O=C(O)[C@H]1CC=CC[C@H]1C(=O)NC1(CO)CCCC1. The van der Waals surface area contributed by atoms with Crippen LogP contribution in [0.5, 0.6) is 0 Å². The Balaban J connectivity index is 2.05. The second-order valence-electron chi connectivity index (χ2n) is 5.63. The van der Waals surface area contributed by atoms with E-state index < -0.39 is 23.3 Å². The molecule has 5 nitrogen and oxygen atoms in total. The highest BCUT2D eigenvalue weighted by atomic mass is 16.4. The smallest absolute Gasteiger partial charge is 0.307 e. The molecule has 0 aliphatic heterocycles. The maximum atomic E-state index is 12.3. The van der Waals surface area contributed by atoms with Crippen LogP contribution in [0.4, 0.5) is 0 Å². The normalized spacial score (nSPS) is 29.1. The molecule has 2 aliphatic rings. The first-order valence-corrected chi connectivity index (χ1v) is 6.89. The minimum absolute atomic E-state index is 0.0704. The molecule has 106 valence electrons. The topological polar surface area (TPSA) is 86.6 Å². The van der Waals surface area contributed by atoms with Gasteiger partial charge in [0.15, 0.2) is 0 Å². The van der Waals surface area contributed by atoms with Crippen molar-refractivity contribution in [2.24, 2.45) is 11.8 Å². The van der Waals surface area contributed by atoms with E-state index in [-0.39, 0.29) is 12.5 Å². The molecular weight excluding hydrogens is 246 g/mol. The Morgan fingerprint density at radius 3 is 2.26 bits per heavy atom. The number of allylic oxidation sites excluding steroid dienone is 2. The summed E-state index contributed by atoms with van der Waals surface area (Å²) in [4.78, 5) is 23.5. The third kappa shape index (κ3) is 2.97. The van der Waals surface area contributed by atoms with Crippen molar-refractivity contribution < 1.29 is 19.8 Å². The fourth-order valence-corrected chi connectivity index (χ4v) is 3.11. The van der Waals surface area contributed by atoms with E-state index in [0.717, 1.165) is 25.7 Å². The number of aliphatic hydroxyl groups is 1. The monoisotopic (exact) mass is 267 g/mol. The number of carboxylic acids is 1. The summed E-state index contributed by atoms with van der Waals surface area (Å²) in [5.74, 6) is -2.32. The number of nitrogens with one attached hydrogen (secondary N) is 1. The number of carbonyl (C=O) groups excluding carboxylic acids is 1. The molecule has 1 saturated carbocycles. The van der Waals surface area contributed by atoms with Gasteiger partial charge in [-0.25, -0.2) is 0 Å². The second-order valence-corrected chi connectivity index (χ2v) is 5.63. The van der Waals surface area contributed by atoms with Crippen molar-refractivity contribution in [1.29, 1.82) is 0 Å². The highest BCUT2D eigenvalue weighted by Gasteiger charge is 2.40. The molecule has 0 heterocycles. The first-order valence-electron chi connectivity index (χ1n) is 6.89. The minimum Gasteiger partial charge on any atom is -0.481 e. The summed E-state index contributed by atoms with van der Waals surface area (Å²) in [7, 11) is 0. The van der Waals surface area contributed by atoms with Crippen LogP contribution in [0.1, 0.15) is 38.5 Å². The molecule has 19 heavy (non-hydrogen) atoms. The molecule has 0 aromatic carbocycles. The maximum Gasteiger partial charge on any atom is 0.307 e. The predicted molar refractivity (Wildman–Crippen MR) is 69.4 cm³/mol. The van der Waals surface area contributed by atoms with Crippen molar-refractivity contribution in [3.05, 3.63) is 12.2 Å². The summed E-state index contributed by atoms with van der Waals surface area (Å²) in [6.45, 7) is -0.0704.